The lowest BCUT2D eigenvalue weighted by Crippen LogP contribution is -2.38. The molecule has 6 nitrogen and oxygen atoms in total. The maximum atomic E-state index is 12.6. The first-order valence-electron chi connectivity index (χ1n) is 8.47. The van der Waals surface area contributed by atoms with E-state index in [9.17, 15) is 9.59 Å². The fraction of sp³-hybridized carbons (Fsp3) is 0.611. The first kappa shape index (κ1) is 18.2. The second kappa shape index (κ2) is 7.20. The van der Waals surface area contributed by atoms with E-state index in [0.29, 0.717) is 12.4 Å². The van der Waals surface area contributed by atoms with E-state index in [0.717, 1.165) is 24.9 Å². The van der Waals surface area contributed by atoms with Gasteiger partial charge in [0.25, 0.3) is 0 Å². The quantitative estimate of drug-likeness (QED) is 0.849. The number of carbonyl (C=O) groups is 2. The van der Waals surface area contributed by atoms with Gasteiger partial charge in [-0.2, -0.15) is 0 Å². The second-order valence-corrected chi connectivity index (χ2v) is 7.01. The van der Waals surface area contributed by atoms with Crippen LogP contribution >= 0.6 is 0 Å². The number of rotatable bonds is 3. The van der Waals surface area contributed by atoms with Gasteiger partial charge in [0.1, 0.15) is 11.4 Å². The molecule has 0 saturated carbocycles. The van der Waals surface area contributed by atoms with Gasteiger partial charge in [0.2, 0.25) is 5.91 Å². The molecule has 1 aromatic heterocycles. The molecule has 2 heterocycles. The van der Waals surface area contributed by atoms with Crippen LogP contribution in [0.5, 0.6) is 0 Å². The summed E-state index contributed by atoms with van der Waals surface area (Å²) in [5, 5.41) is 0. The number of hydrogen-bond acceptors (Lipinski definition) is 4. The lowest BCUT2D eigenvalue weighted by atomic mass is 10.0. The van der Waals surface area contributed by atoms with E-state index >= 15 is 0 Å². The first-order chi connectivity index (χ1) is 11.2. The van der Waals surface area contributed by atoms with Crippen LogP contribution in [0.2, 0.25) is 0 Å². The zero-order valence-electron chi connectivity index (χ0n) is 15.2. The molecule has 1 aromatic rings. The van der Waals surface area contributed by atoms with Gasteiger partial charge in [-0.25, -0.2) is 9.78 Å². The Bertz CT molecular complexity index is 610. The topological polar surface area (TPSA) is 62.7 Å². The van der Waals surface area contributed by atoms with Gasteiger partial charge in [-0.05, 0) is 46.6 Å². The zero-order valence-corrected chi connectivity index (χ0v) is 15.2. The summed E-state index contributed by atoms with van der Waals surface area (Å²) >= 11 is 0. The number of carbonyl (C=O) groups excluding carboxylic acids is 2. The highest BCUT2D eigenvalue weighted by Gasteiger charge is 2.33. The van der Waals surface area contributed by atoms with Crippen molar-refractivity contribution >= 4 is 17.8 Å². The fourth-order valence-electron chi connectivity index (χ4n) is 3.04. The Kier molecular flexibility index (Phi) is 5.47. The fourth-order valence-corrected chi connectivity index (χ4v) is 3.04. The molecule has 1 atom stereocenters. The van der Waals surface area contributed by atoms with E-state index in [-0.39, 0.29) is 11.9 Å². The smallest absolute Gasteiger partial charge is 0.415 e. The van der Waals surface area contributed by atoms with Crippen LogP contribution in [0, 0.1) is 0 Å². The van der Waals surface area contributed by atoms with E-state index in [4.69, 9.17) is 4.74 Å². The molecule has 0 radical (unpaired) electrons. The maximum Gasteiger partial charge on any atom is 0.415 e. The molecule has 6 heteroatoms. The average Bonchev–Trinajstić information content (AvgIpc) is 2.96. The molecule has 1 unspecified atom stereocenters. The Morgan fingerprint density at radius 3 is 2.71 bits per heavy atom. The van der Waals surface area contributed by atoms with Crippen molar-refractivity contribution in [2.75, 3.05) is 18.0 Å². The van der Waals surface area contributed by atoms with Crippen LogP contribution in [-0.4, -0.2) is 40.6 Å². The minimum atomic E-state index is -0.571. The van der Waals surface area contributed by atoms with Crippen LogP contribution in [0.4, 0.5) is 10.6 Å². The number of pyridine rings is 1. The third kappa shape index (κ3) is 4.04. The predicted octanol–water partition coefficient (Wildman–Crippen LogP) is 3.53. The summed E-state index contributed by atoms with van der Waals surface area (Å²) in [6, 6.07) is 3.75. The van der Waals surface area contributed by atoms with Crippen molar-refractivity contribution in [2.45, 2.75) is 59.1 Å². The van der Waals surface area contributed by atoms with Crippen LogP contribution in [0.25, 0.3) is 0 Å². The number of anilines is 1. The third-order valence-corrected chi connectivity index (χ3v) is 4.02. The number of nitrogens with zero attached hydrogens (tertiary/aromatic N) is 3. The van der Waals surface area contributed by atoms with E-state index in [2.05, 4.69) is 4.98 Å². The molecule has 0 aromatic carbocycles. The summed E-state index contributed by atoms with van der Waals surface area (Å²) < 4.78 is 5.50. The summed E-state index contributed by atoms with van der Waals surface area (Å²) in [6.45, 7) is 10.2. The van der Waals surface area contributed by atoms with Gasteiger partial charge < -0.3 is 9.64 Å². The maximum absolute atomic E-state index is 12.6. The lowest BCUT2D eigenvalue weighted by Gasteiger charge is -2.30. The molecule has 1 aliphatic rings. The molecule has 0 spiro atoms. The highest BCUT2D eigenvalue weighted by molar-refractivity contribution is 5.87. The Balaban J connectivity index is 2.36. The largest absolute Gasteiger partial charge is 0.443 e. The Morgan fingerprint density at radius 1 is 1.42 bits per heavy atom. The monoisotopic (exact) mass is 333 g/mol. The molecule has 0 N–H and O–H groups in total. The van der Waals surface area contributed by atoms with Crippen LogP contribution < -0.4 is 4.90 Å². The Morgan fingerprint density at radius 2 is 2.12 bits per heavy atom. The molecule has 132 valence electrons. The summed E-state index contributed by atoms with van der Waals surface area (Å²) in [5.74, 6) is 0.625. The summed E-state index contributed by atoms with van der Waals surface area (Å²) in [6.07, 6.45) is 3.08. The molecule has 24 heavy (non-hydrogen) atoms. The number of likely N-dealkylation sites (tertiary alicyclic amines) is 1. The zero-order chi connectivity index (χ0) is 17.9. The van der Waals surface area contributed by atoms with Crippen LogP contribution in [0.15, 0.2) is 18.3 Å². The summed E-state index contributed by atoms with van der Waals surface area (Å²) in [4.78, 5) is 32.3. The highest BCUT2D eigenvalue weighted by Crippen LogP contribution is 2.36. The summed E-state index contributed by atoms with van der Waals surface area (Å²) in [5.41, 5.74) is 0.330. The SMILES string of the molecule is CCN(C(=O)OC(C)(C)C)c1ncccc1C1CCCN1C(C)=O. The number of amides is 2. The van der Waals surface area contributed by atoms with Crippen molar-refractivity contribution in [1.82, 2.24) is 9.88 Å². The molecule has 2 amide bonds. The van der Waals surface area contributed by atoms with Gasteiger partial charge in [0.05, 0.1) is 6.04 Å². The first-order valence-corrected chi connectivity index (χ1v) is 8.47. The van der Waals surface area contributed by atoms with Crippen molar-refractivity contribution in [2.24, 2.45) is 0 Å². The molecule has 1 fully saturated rings. The van der Waals surface area contributed by atoms with Crippen molar-refractivity contribution in [3.63, 3.8) is 0 Å². The van der Waals surface area contributed by atoms with E-state index < -0.39 is 11.7 Å². The van der Waals surface area contributed by atoms with Crippen LogP contribution in [-0.2, 0) is 9.53 Å². The Hall–Kier alpha value is -2.11. The van der Waals surface area contributed by atoms with Gasteiger partial charge >= 0.3 is 6.09 Å². The van der Waals surface area contributed by atoms with Gasteiger partial charge in [-0.1, -0.05) is 6.07 Å². The van der Waals surface area contributed by atoms with Gasteiger partial charge in [-0.3, -0.25) is 9.69 Å². The van der Waals surface area contributed by atoms with E-state index in [1.807, 2.05) is 44.7 Å². The average molecular weight is 333 g/mol. The second-order valence-electron chi connectivity index (χ2n) is 7.01. The molecular weight excluding hydrogens is 306 g/mol. The molecule has 0 aliphatic carbocycles. The van der Waals surface area contributed by atoms with Gasteiger partial charge in [-0.15, -0.1) is 0 Å². The standard InChI is InChI=1S/C18H27N3O3/c1-6-20(17(23)24-18(3,4)5)16-14(9-7-11-19-16)15-10-8-12-21(15)13(2)22/h7,9,11,15H,6,8,10,12H2,1-5H3. The molecule has 2 rings (SSSR count). The number of hydrogen-bond donors (Lipinski definition) is 0. The Labute approximate surface area is 143 Å². The normalized spacial score (nSPS) is 17.7. The third-order valence-electron chi connectivity index (χ3n) is 4.02. The van der Waals surface area contributed by atoms with E-state index in [1.165, 1.54) is 4.90 Å². The lowest BCUT2D eigenvalue weighted by molar-refractivity contribution is -0.129. The number of ether oxygens (including phenoxy) is 1. The van der Waals surface area contributed by atoms with Gasteiger partial charge in [0, 0.05) is 31.8 Å². The summed E-state index contributed by atoms with van der Waals surface area (Å²) in [7, 11) is 0. The van der Waals surface area contributed by atoms with Crippen molar-refractivity contribution in [1.29, 1.82) is 0 Å². The minimum absolute atomic E-state index is 0.0392. The molecule has 1 saturated heterocycles. The van der Waals surface area contributed by atoms with Gasteiger partial charge in [0.15, 0.2) is 0 Å². The van der Waals surface area contributed by atoms with Crippen LogP contribution in [0.1, 0.15) is 59.1 Å². The molecular formula is C18H27N3O3. The minimum Gasteiger partial charge on any atom is -0.443 e. The van der Waals surface area contributed by atoms with Crippen molar-refractivity contribution in [3.05, 3.63) is 23.9 Å². The number of aromatic nitrogens is 1. The predicted molar refractivity (Wildman–Crippen MR) is 92.9 cm³/mol. The molecule has 0 bridgehead atoms. The van der Waals surface area contributed by atoms with Crippen molar-refractivity contribution < 1.29 is 14.3 Å². The van der Waals surface area contributed by atoms with Crippen molar-refractivity contribution in [3.8, 4) is 0 Å². The van der Waals surface area contributed by atoms with E-state index in [1.54, 1.807) is 13.1 Å². The highest BCUT2D eigenvalue weighted by atomic mass is 16.6. The molecule has 1 aliphatic heterocycles. The van der Waals surface area contributed by atoms with Crippen LogP contribution in [0.3, 0.4) is 0 Å².